The zero-order valence-corrected chi connectivity index (χ0v) is 21.7. The lowest BCUT2D eigenvalue weighted by molar-refractivity contribution is -0.157. The van der Waals surface area contributed by atoms with E-state index >= 15 is 0 Å². The van der Waals surface area contributed by atoms with Crippen molar-refractivity contribution in [2.75, 3.05) is 0 Å². The van der Waals surface area contributed by atoms with Crippen molar-refractivity contribution in [3.05, 3.63) is 41.5 Å². The summed E-state index contributed by atoms with van der Waals surface area (Å²) >= 11 is 3.98. The Bertz CT molecular complexity index is 952. The maximum absolute atomic E-state index is 11.8. The molecule has 0 amide bonds. The number of carbonyl (C=O) groups is 1. The minimum Gasteiger partial charge on any atom is -0.487 e. The average Bonchev–Trinajstić information content (AvgIpc) is 3.14. The van der Waals surface area contributed by atoms with Crippen LogP contribution in [0.4, 0.5) is 0 Å². The Labute approximate surface area is 205 Å². The van der Waals surface area contributed by atoms with Crippen LogP contribution >= 0.6 is 15.9 Å². The molecule has 1 aromatic carbocycles. The topological polar surface area (TPSA) is 87.0 Å². The molecule has 6 heteroatoms. The van der Waals surface area contributed by atoms with Gasteiger partial charge in [-0.15, -0.1) is 0 Å². The molecule has 2 saturated carbocycles. The fourth-order valence-electron chi connectivity index (χ4n) is 6.87. The number of hydrogen-bond donors (Lipinski definition) is 3. The smallest absolute Gasteiger partial charge is 0.335 e. The van der Waals surface area contributed by atoms with Gasteiger partial charge in [-0.3, -0.25) is 0 Å². The van der Waals surface area contributed by atoms with E-state index in [9.17, 15) is 20.1 Å². The summed E-state index contributed by atoms with van der Waals surface area (Å²) < 4.78 is 6.19. The molecule has 0 radical (unpaired) electrons. The van der Waals surface area contributed by atoms with Crippen LogP contribution in [0, 0.1) is 16.7 Å². The number of fused-ring (bicyclic) bond motifs is 2. The van der Waals surface area contributed by atoms with Crippen LogP contribution < -0.4 is 4.74 Å². The van der Waals surface area contributed by atoms with E-state index < -0.39 is 17.2 Å². The van der Waals surface area contributed by atoms with Crippen molar-refractivity contribution in [1.29, 1.82) is 0 Å². The van der Waals surface area contributed by atoms with E-state index in [1.165, 1.54) is 0 Å². The van der Waals surface area contributed by atoms with Gasteiger partial charge in [0.1, 0.15) is 17.5 Å². The molecule has 3 aliphatic rings. The molecule has 0 bridgehead atoms. The van der Waals surface area contributed by atoms with E-state index in [-0.39, 0.29) is 22.5 Å². The number of halogens is 1. The SMILES string of the molecule is CC(C)(O)C=CC[C@@]1(C)[C@H](Br)CC[C@@]2(C)C[C@](O)([C@H]3Cc4cc(C(=O)O)ccc4O3)CC[C@@H]21. The minimum atomic E-state index is -0.947. The largest absolute Gasteiger partial charge is 0.487 e. The summed E-state index contributed by atoms with van der Waals surface area (Å²) in [7, 11) is 0. The first-order valence-electron chi connectivity index (χ1n) is 12.1. The highest BCUT2D eigenvalue weighted by molar-refractivity contribution is 9.09. The van der Waals surface area contributed by atoms with Gasteiger partial charge in [-0.1, -0.05) is 41.9 Å². The highest BCUT2D eigenvalue weighted by atomic mass is 79.9. The molecular formula is C27H37BrO5. The van der Waals surface area contributed by atoms with Gasteiger partial charge < -0.3 is 20.1 Å². The standard InChI is InChI=1S/C27H37BrO5/c1-24(2,31)10-5-11-26(4)20-8-13-27(32,16-25(20,3)12-9-21(26)28)22-15-18-14-17(23(29)30)6-7-19(18)33-22/h5-7,10,14,20-22,31-32H,8-9,11-13,15-16H2,1-4H3,(H,29,30)/t20-,21+,22+,25-,26+,27-/m0/s1. The van der Waals surface area contributed by atoms with E-state index in [0.29, 0.717) is 35.8 Å². The maximum atomic E-state index is 11.8. The molecule has 0 saturated heterocycles. The summed E-state index contributed by atoms with van der Waals surface area (Å²) in [5.41, 5.74) is -0.614. The Hall–Kier alpha value is -1.37. The predicted molar refractivity (Wildman–Crippen MR) is 132 cm³/mol. The predicted octanol–water partition coefficient (Wildman–Crippen LogP) is 5.51. The summed E-state index contributed by atoms with van der Waals surface area (Å²) in [5, 5.41) is 31.3. The lowest BCUT2D eigenvalue weighted by Crippen LogP contribution is -2.59. The van der Waals surface area contributed by atoms with E-state index in [2.05, 4.69) is 35.9 Å². The molecule has 5 nitrogen and oxygen atoms in total. The van der Waals surface area contributed by atoms with Gasteiger partial charge in [-0.25, -0.2) is 4.79 Å². The Morgan fingerprint density at radius 1 is 1.27 bits per heavy atom. The normalized spacial score (nSPS) is 38.6. The first-order valence-corrected chi connectivity index (χ1v) is 13.0. The second kappa shape index (κ2) is 8.39. The van der Waals surface area contributed by atoms with Gasteiger partial charge in [0, 0.05) is 11.2 Å². The van der Waals surface area contributed by atoms with Gasteiger partial charge in [0.05, 0.1) is 11.2 Å². The molecule has 182 valence electrons. The number of rotatable bonds is 5. The Morgan fingerprint density at radius 2 is 2.00 bits per heavy atom. The Morgan fingerprint density at radius 3 is 2.67 bits per heavy atom. The molecule has 3 N–H and O–H groups in total. The zero-order valence-electron chi connectivity index (χ0n) is 20.1. The van der Waals surface area contributed by atoms with Crippen LogP contribution in [0.15, 0.2) is 30.4 Å². The maximum Gasteiger partial charge on any atom is 0.335 e. The van der Waals surface area contributed by atoms with Gasteiger partial charge in [0.15, 0.2) is 0 Å². The van der Waals surface area contributed by atoms with E-state index in [4.69, 9.17) is 4.74 Å². The van der Waals surface area contributed by atoms with Crippen molar-refractivity contribution in [2.45, 2.75) is 94.8 Å². The molecular weight excluding hydrogens is 484 g/mol. The van der Waals surface area contributed by atoms with Crippen molar-refractivity contribution in [2.24, 2.45) is 16.7 Å². The third-order valence-electron chi connectivity index (χ3n) is 8.56. The molecule has 2 fully saturated rings. The zero-order chi connectivity index (χ0) is 24.2. The van der Waals surface area contributed by atoms with Crippen LogP contribution in [-0.4, -0.2) is 43.4 Å². The number of aromatic carboxylic acids is 1. The monoisotopic (exact) mass is 520 g/mol. The number of carboxylic acid groups (broad SMARTS) is 1. The van der Waals surface area contributed by atoms with Crippen LogP contribution in [0.3, 0.4) is 0 Å². The molecule has 2 aliphatic carbocycles. The first kappa shape index (κ1) is 24.7. The van der Waals surface area contributed by atoms with E-state index in [0.717, 1.165) is 31.2 Å². The van der Waals surface area contributed by atoms with Crippen molar-refractivity contribution in [1.82, 2.24) is 0 Å². The number of benzene rings is 1. The lowest BCUT2D eigenvalue weighted by Gasteiger charge is -2.60. The highest BCUT2D eigenvalue weighted by Crippen LogP contribution is 2.63. The van der Waals surface area contributed by atoms with Gasteiger partial charge in [0.25, 0.3) is 0 Å². The van der Waals surface area contributed by atoms with Crippen LogP contribution in [0.1, 0.15) is 82.1 Å². The first-order chi connectivity index (χ1) is 15.3. The number of alkyl halides is 1. The fourth-order valence-corrected chi connectivity index (χ4v) is 7.61. The summed E-state index contributed by atoms with van der Waals surface area (Å²) in [6.45, 7) is 8.26. The quantitative estimate of drug-likeness (QED) is 0.352. The van der Waals surface area contributed by atoms with E-state index in [1.54, 1.807) is 32.0 Å². The third-order valence-corrected chi connectivity index (χ3v) is 10.1. The lowest BCUT2D eigenvalue weighted by atomic mass is 9.47. The van der Waals surface area contributed by atoms with Gasteiger partial charge in [-0.2, -0.15) is 0 Å². The number of ether oxygens (including phenoxy) is 1. The molecule has 0 spiro atoms. The van der Waals surface area contributed by atoms with Crippen LogP contribution in [0.5, 0.6) is 5.75 Å². The average molecular weight is 521 g/mol. The number of aliphatic hydroxyl groups is 2. The number of hydrogen-bond acceptors (Lipinski definition) is 4. The van der Waals surface area contributed by atoms with Crippen LogP contribution in [0.2, 0.25) is 0 Å². The van der Waals surface area contributed by atoms with Crippen molar-refractivity contribution < 1.29 is 24.9 Å². The van der Waals surface area contributed by atoms with Crippen molar-refractivity contribution >= 4 is 21.9 Å². The Balaban J connectivity index is 1.54. The molecule has 1 aromatic rings. The summed E-state index contributed by atoms with van der Waals surface area (Å²) in [4.78, 5) is 11.7. The molecule has 33 heavy (non-hydrogen) atoms. The highest BCUT2D eigenvalue weighted by Gasteiger charge is 2.59. The Kier molecular flexibility index (Phi) is 6.29. The minimum absolute atomic E-state index is 0.0149. The van der Waals surface area contributed by atoms with Crippen molar-refractivity contribution in [3.63, 3.8) is 0 Å². The summed E-state index contributed by atoms with van der Waals surface area (Å²) in [6.07, 6.45) is 9.44. The summed E-state index contributed by atoms with van der Waals surface area (Å²) in [5.74, 6) is 0.186. The molecule has 0 aromatic heterocycles. The van der Waals surface area contributed by atoms with Crippen LogP contribution in [0.25, 0.3) is 0 Å². The molecule has 0 unspecified atom stereocenters. The van der Waals surface area contributed by atoms with Gasteiger partial charge in [-0.05, 0) is 92.9 Å². The molecule has 4 rings (SSSR count). The number of allylic oxidation sites excluding steroid dienone is 1. The number of carboxylic acids is 1. The molecule has 1 heterocycles. The van der Waals surface area contributed by atoms with Crippen LogP contribution in [-0.2, 0) is 6.42 Å². The fraction of sp³-hybridized carbons (Fsp3) is 0.667. The summed E-state index contributed by atoms with van der Waals surface area (Å²) in [6, 6.07) is 4.96. The van der Waals surface area contributed by atoms with E-state index in [1.807, 2.05) is 6.08 Å². The second-order valence-electron chi connectivity index (χ2n) is 11.7. The van der Waals surface area contributed by atoms with Gasteiger partial charge in [0.2, 0.25) is 0 Å². The van der Waals surface area contributed by atoms with Crippen molar-refractivity contribution in [3.8, 4) is 5.75 Å². The molecule has 6 atom stereocenters. The third kappa shape index (κ3) is 4.63. The van der Waals surface area contributed by atoms with Gasteiger partial charge >= 0.3 is 5.97 Å². The second-order valence-corrected chi connectivity index (χ2v) is 12.8. The molecule has 1 aliphatic heterocycles.